The van der Waals surface area contributed by atoms with Crippen molar-refractivity contribution in [2.75, 3.05) is 13.2 Å². The van der Waals surface area contributed by atoms with Gasteiger partial charge in [-0.3, -0.25) is 0 Å². The van der Waals surface area contributed by atoms with Crippen LogP contribution in [0.5, 0.6) is 5.75 Å². The van der Waals surface area contributed by atoms with Crippen LogP contribution in [0.1, 0.15) is 44.9 Å². The smallest absolute Gasteiger partial charge is 0.416 e. The summed E-state index contributed by atoms with van der Waals surface area (Å²) in [4.78, 5) is 12.2. The number of hydrogen-bond donors (Lipinski definition) is 2. The first kappa shape index (κ1) is 21.3. The molecule has 0 radical (unpaired) electrons. The maximum atomic E-state index is 12.9. The van der Waals surface area contributed by atoms with Crippen LogP contribution in [0.2, 0.25) is 0 Å². The second-order valence-electron chi connectivity index (χ2n) is 7.41. The number of fused-ring (bicyclic) bond motifs is 1. The molecule has 1 heterocycles. The largest absolute Gasteiger partial charge is 0.490 e. The number of alkyl halides is 3. The van der Waals surface area contributed by atoms with E-state index in [-0.39, 0.29) is 19.0 Å². The summed E-state index contributed by atoms with van der Waals surface area (Å²) in [7, 11) is 0. The van der Waals surface area contributed by atoms with Gasteiger partial charge in [-0.15, -0.1) is 0 Å². The normalized spacial score (nSPS) is 21.0. The Kier molecular flexibility index (Phi) is 6.26. The fraction of sp³-hybridized carbons (Fsp3) is 0.611. The summed E-state index contributed by atoms with van der Waals surface area (Å²) in [5.74, 6) is 0.0165. The second kappa shape index (κ2) is 7.93. The van der Waals surface area contributed by atoms with Gasteiger partial charge in [0.25, 0.3) is 0 Å². The molecule has 0 fully saturated rings. The number of rotatable bonds is 4. The van der Waals surface area contributed by atoms with E-state index in [2.05, 4.69) is 5.32 Å². The average Bonchev–Trinajstić information content (AvgIpc) is 2.50. The highest BCUT2D eigenvalue weighted by Crippen LogP contribution is 2.39. The Hall–Kier alpha value is -2.00. The van der Waals surface area contributed by atoms with E-state index in [1.54, 1.807) is 20.8 Å². The van der Waals surface area contributed by atoms with Crippen LogP contribution in [0.15, 0.2) is 18.2 Å². The molecule has 0 aromatic heterocycles. The minimum absolute atomic E-state index is 0.0165. The highest BCUT2D eigenvalue weighted by molar-refractivity contribution is 5.69. The molecule has 9 heteroatoms. The Balaban J connectivity index is 2.29. The van der Waals surface area contributed by atoms with Gasteiger partial charge in [-0.2, -0.15) is 13.2 Å². The average molecular weight is 391 g/mol. The van der Waals surface area contributed by atoms with Crippen molar-refractivity contribution < 1.29 is 37.3 Å². The minimum Gasteiger partial charge on any atom is -0.490 e. The lowest BCUT2D eigenvalue weighted by Crippen LogP contribution is -2.45. The van der Waals surface area contributed by atoms with Crippen LogP contribution in [0.25, 0.3) is 0 Å². The van der Waals surface area contributed by atoms with Crippen LogP contribution in [-0.2, 0) is 15.7 Å². The maximum absolute atomic E-state index is 12.9. The molecule has 0 aliphatic carbocycles. The van der Waals surface area contributed by atoms with Gasteiger partial charge in [0, 0.05) is 5.56 Å². The third kappa shape index (κ3) is 6.00. The molecule has 0 unspecified atom stereocenters. The summed E-state index contributed by atoms with van der Waals surface area (Å²) in [6.45, 7) is 6.52. The second-order valence-corrected chi connectivity index (χ2v) is 7.41. The number of amides is 1. The summed E-state index contributed by atoms with van der Waals surface area (Å²) in [6.07, 6.45) is -6.69. The van der Waals surface area contributed by atoms with Gasteiger partial charge in [-0.05, 0) is 39.8 Å². The molecule has 1 aliphatic rings. The number of aliphatic hydroxyl groups excluding tert-OH is 1. The lowest BCUT2D eigenvalue weighted by atomic mass is 9.96. The van der Waals surface area contributed by atoms with E-state index in [1.165, 1.54) is 13.0 Å². The molecule has 0 saturated carbocycles. The topological polar surface area (TPSA) is 77.0 Å². The molecule has 0 spiro atoms. The van der Waals surface area contributed by atoms with Gasteiger partial charge in [0.05, 0.1) is 24.3 Å². The Bertz CT molecular complexity index is 670. The number of halogens is 3. The highest BCUT2D eigenvalue weighted by atomic mass is 19.4. The SMILES string of the molecule is C[C@H](O)CO[C@@H]1COc2cc(C(F)(F)F)ccc2[C@@H]1NC(=O)OC(C)(C)C. The number of alkyl carbamates (subject to hydrolysis) is 1. The Labute approximate surface area is 155 Å². The first-order valence-electron chi connectivity index (χ1n) is 8.50. The van der Waals surface area contributed by atoms with Gasteiger partial charge in [0.2, 0.25) is 0 Å². The fourth-order valence-electron chi connectivity index (χ4n) is 2.57. The highest BCUT2D eigenvalue weighted by Gasteiger charge is 2.37. The molecule has 0 bridgehead atoms. The number of nitrogens with one attached hydrogen (secondary N) is 1. The van der Waals surface area contributed by atoms with Crippen molar-refractivity contribution in [1.29, 1.82) is 0 Å². The Morgan fingerprint density at radius 3 is 2.59 bits per heavy atom. The van der Waals surface area contributed by atoms with E-state index in [9.17, 15) is 23.1 Å². The molecule has 1 aromatic rings. The van der Waals surface area contributed by atoms with Gasteiger partial charge in [-0.25, -0.2) is 4.79 Å². The molecule has 152 valence electrons. The lowest BCUT2D eigenvalue weighted by Gasteiger charge is -2.35. The molecule has 2 rings (SSSR count). The first-order chi connectivity index (χ1) is 12.4. The molecule has 27 heavy (non-hydrogen) atoms. The van der Waals surface area contributed by atoms with Gasteiger partial charge >= 0.3 is 12.3 Å². The summed E-state index contributed by atoms with van der Waals surface area (Å²) >= 11 is 0. The molecule has 1 aromatic carbocycles. The third-order valence-electron chi connectivity index (χ3n) is 3.67. The van der Waals surface area contributed by atoms with Crippen LogP contribution in [0.3, 0.4) is 0 Å². The molecular formula is C18H24F3NO5. The van der Waals surface area contributed by atoms with Crippen LogP contribution < -0.4 is 10.1 Å². The molecule has 1 amide bonds. The van der Waals surface area contributed by atoms with Gasteiger partial charge in [0.15, 0.2) is 0 Å². The maximum Gasteiger partial charge on any atom is 0.416 e. The van der Waals surface area contributed by atoms with E-state index < -0.39 is 41.7 Å². The van der Waals surface area contributed by atoms with Crippen LogP contribution in [0.4, 0.5) is 18.0 Å². The summed E-state index contributed by atoms with van der Waals surface area (Å²) < 4.78 is 55.0. The van der Waals surface area contributed by atoms with E-state index in [4.69, 9.17) is 14.2 Å². The fourth-order valence-corrected chi connectivity index (χ4v) is 2.57. The Morgan fingerprint density at radius 1 is 1.37 bits per heavy atom. The van der Waals surface area contributed by atoms with Gasteiger partial charge in [0.1, 0.15) is 24.1 Å². The van der Waals surface area contributed by atoms with Gasteiger partial charge < -0.3 is 24.6 Å². The van der Waals surface area contributed by atoms with Crippen molar-refractivity contribution in [3.05, 3.63) is 29.3 Å². The van der Waals surface area contributed by atoms with Crippen molar-refractivity contribution in [3.8, 4) is 5.75 Å². The number of carbonyl (C=O) groups is 1. The van der Waals surface area contributed by atoms with Crippen LogP contribution in [-0.4, -0.2) is 42.2 Å². The molecule has 6 nitrogen and oxygen atoms in total. The third-order valence-corrected chi connectivity index (χ3v) is 3.67. The summed E-state index contributed by atoms with van der Waals surface area (Å²) in [5, 5.41) is 12.1. The predicted octanol–water partition coefficient (Wildman–Crippen LogP) is 3.43. The molecule has 3 atom stereocenters. The zero-order valence-electron chi connectivity index (χ0n) is 15.6. The molecule has 0 saturated heterocycles. The van der Waals surface area contributed by atoms with Gasteiger partial charge in [-0.1, -0.05) is 6.07 Å². The van der Waals surface area contributed by atoms with Crippen molar-refractivity contribution >= 4 is 6.09 Å². The number of aliphatic hydroxyl groups is 1. The van der Waals surface area contributed by atoms with Crippen LogP contribution >= 0.6 is 0 Å². The minimum atomic E-state index is -4.51. The monoisotopic (exact) mass is 391 g/mol. The lowest BCUT2D eigenvalue weighted by molar-refractivity contribution is -0.137. The van der Waals surface area contributed by atoms with Crippen molar-refractivity contribution in [2.45, 2.75) is 57.7 Å². The Morgan fingerprint density at radius 2 is 2.04 bits per heavy atom. The van der Waals surface area contributed by atoms with Crippen molar-refractivity contribution in [3.63, 3.8) is 0 Å². The number of ether oxygens (including phenoxy) is 3. The van der Waals surface area contributed by atoms with Crippen molar-refractivity contribution in [1.82, 2.24) is 5.32 Å². The molecule has 1 aliphatic heterocycles. The zero-order valence-corrected chi connectivity index (χ0v) is 15.6. The summed E-state index contributed by atoms with van der Waals surface area (Å²) in [6, 6.07) is 2.27. The zero-order chi connectivity index (χ0) is 20.4. The number of hydrogen-bond acceptors (Lipinski definition) is 5. The number of benzene rings is 1. The molecule has 2 N–H and O–H groups in total. The van der Waals surface area contributed by atoms with E-state index in [1.807, 2.05) is 0 Å². The van der Waals surface area contributed by atoms with Crippen LogP contribution in [0, 0.1) is 0 Å². The van der Waals surface area contributed by atoms with Crippen molar-refractivity contribution in [2.24, 2.45) is 0 Å². The summed E-state index contributed by atoms with van der Waals surface area (Å²) in [5.41, 5.74) is -1.25. The van der Waals surface area contributed by atoms with E-state index >= 15 is 0 Å². The number of carbonyl (C=O) groups excluding carboxylic acids is 1. The first-order valence-corrected chi connectivity index (χ1v) is 8.50. The predicted molar refractivity (Wildman–Crippen MR) is 90.5 cm³/mol. The quantitative estimate of drug-likeness (QED) is 0.822. The molecular weight excluding hydrogens is 367 g/mol. The van der Waals surface area contributed by atoms with E-state index in [0.717, 1.165) is 12.1 Å². The standard InChI is InChI=1S/C18H24F3NO5/c1-10(23)8-25-14-9-26-13-7-11(18(19,20)21)5-6-12(13)15(14)22-16(24)27-17(2,3)4/h5-7,10,14-15,23H,8-9H2,1-4H3,(H,22,24)/t10-,14+,15-/m0/s1. The van der Waals surface area contributed by atoms with E-state index in [0.29, 0.717) is 5.56 Å².